The molecule has 0 heterocycles. The molecule has 1 aromatic rings. The SMILES string of the molecule is CN(Cc1cccc(Cl)c1)C(=O)NC1C2CC3CC(C2)CC1C3. The molecule has 0 spiro atoms. The molecule has 0 atom stereocenters. The van der Waals surface area contributed by atoms with Crippen LogP contribution in [-0.4, -0.2) is 24.0 Å². The molecule has 2 amide bonds. The van der Waals surface area contributed by atoms with Crippen LogP contribution in [0.1, 0.15) is 37.7 Å². The van der Waals surface area contributed by atoms with Crippen molar-refractivity contribution in [1.82, 2.24) is 10.2 Å². The molecule has 1 aromatic carbocycles. The fourth-order valence-corrected chi connectivity index (χ4v) is 5.61. The van der Waals surface area contributed by atoms with Gasteiger partial charge in [0.05, 0.1) is 0 Å². The highest BCUT2D eigenvalue weighted by molar-refractivity contribution is 6.30. The summed E-state index contributed by atoms with van der Waals surface area (Å²) >= 11 is 6.03. The van der Waals surface area contributed by atoms with Gasteiger partial charge in [0.15, 0.2) is 0 Å². The lowest BCUT2D eigenvalue weighted by Gasteiger charge is -2.54. The molecule has 4 aliphatic carbocycles. The molecule has 5 rings (SSSR count). The van der Waals surface area contributed by atoms with Crippen molar-refractivity contribution >= 4 is 17.6 Å². The molecule has 0 aliphatic heterocycles. The molecule has 0 radical (unpaired) electrons. The normalized spacial score (nSPS) is 34.4. The van der Waals surface area contributed by atoms with Crippen LogP contribution in [0.4, 0.5) is 4.79 Å². The van der Waals surface area contributed by atoms with E-state index in [0.717, 1.165) is 34.3 Å². The van der Waals surface area contributed by atoms with Crippen LogP contribution < -0.4 is 5.32 Å². The molecule has 124 valence electrons. The predicted molar refractivity (Wildman–Crippen MR) is 92.3 cm³/mol. The van der Waals surface area contributed by atoms with E-state index in [1.165, 1.54) is 32.1 Å². The molecular weight excluding hydrogens is 308 g/mol. The van der Waals surface area contributed by atoms with Crippen molar-refractivity contribution in [3.8, 4) is 0 Å². The number of rotatable bonds is 3. The van der Waals surface area contributed by atoms with Crippen LogP contribution in [-0.2, 0) is 6.54 Å². The van der Waals surface area contributed by atoms with Gasteiger partial charge in [-0.15, -0.1) is 0 Å². The fourth-order valence-electron chi connectivity index (χ4n) is 5.39. The van der Waals surface area contributed by atoms with E-state index in [-0.39, 0.29) is 6.03 Å². The molecule has 0 aromatic heterocycles. The molecule has 4 aliphatic rings. The van der Waals surface area contributed by atoms with Crippen molar-refractivity contribution in [2.24, 2.45) is 23.7 Å². The second-order valence-electron chi connectivity index (χ2n) is 7.89. The van der Waals surface area contributed by atoms with Gasteiger partial charge in [-0.25, -0.2) is 4.79 Å². The van der Waals surface area contributed by atoms with Gasteiger partial charge in [-0.1, -0.05) is 23.7 Å². The Balaban J connectivity index is 1.38. The van der Waals surface area contributed by atoms with Gasteiger partial charge in [0.2, 0.25) is 0 Å². The van der Waals surface area contributed by atoms with Gasteiger partial charge < -0.3 is 10.2 Å². The third kappa shape index (κ3) is 3.08. The van der Waals surface area contributed by atoms with Crippen LogP contribution in [0.25, 0.3) is 0 Å². The summed E-state index contributed by atoms with van der Waals surface area (Å²) in [7, 11) is 1.87. The Kier molecular flexibility index (Phi) is 4.00. The Hall–Kier alpha value is -1.22. The summed E-state index contributed by atoms with van der Waals surface area (Å²) in [6.07, 6.45) is 6.76. The predicted octanol–water partition coefficient (Wildman–Crippen LogP) is 4.31. The summed E-state index contributed by atoms with van der Waals surface area (Å²) in [4.78, 5) is 14.4. The van der Waals surface area contributed by atoms with E-state index >= 15 is 0 Å². The maximum atomic E-state index is 12.6. The van der Waals surface area contributed by atoms with Crippen molar-refractivity contribution in [1.29, 1.82) is 0 Å². The van der Waals surface area contributed by atoms with E-state index in [4.69, 9.17) is 11.6 Å². The summed E-state index contributed by atoms with van der Waals surface area (Å²) in [5, 5.41) is 4.07. The van der Waals surface area contributed by atoms with Crippen LogP contribution in [0.2, 0.25) is 5.02 Å². The second-order valence-corrected chi connectivity index (χ2v) is 8.33. The molecule has 1 N–H and O–H groups in total. The number of halogens is 1. The highest BCUT2D eigenvalue weighted by Crippen LogP contribution is 2.53. The van der Waals surface area contributed by atoms with Crippen LogP contribution >= 0.6 is 11.6 Å². The van der Waals surface area contributed by atoms with E-state index in [2.05, 4.69) is 5.32 Å². The Morgan fingerprint density at radius 3 is 2.43 bits per heavy atom. The molecule has 0 saturated heterocycles. The van der Waals surface area contributed by atoms with Gasteiger partial charge in [-0.2, -0.15) is 0 Å². The average molecular weight is 333 g/mol. The van der Waals surface area contributed by atoms with Crippen LogP contribution in [0.15, 0.2) is 24.3 Å². The Morgan fingerprint density at radius 2 is 1.83 bits per heavy atom. The quantitative estimate of drug-likeness (QED) is 0.879. The van der Waals surface area contributed by atoms with Gasteiger partial charge in [0.1, 0.15) is 0 Å². The smallest absolute Gasteiger partial charge is 0.317 e. The van der Waals surface area contributed by atoms with E-state index in [1.54, 1.807) is 4.90 Å². The number of nitrogens with zero attached hydrogens (tertiary/aromatic N) is 1. The first kappa shape index (κ1) is 15.3. The molecule has 23 heavy (non-hydrogen) atoms. The minimum atomic E-state index is 0.0578. The van der Waals surface area contributed by atoms with Gasteiger partial charge in [-0.05, 0) is 73.5 Å². The summed E-state index contributed by atoms with van der Waals surface area (Å²) in [5.41, 5.74) is 1.07. The van der Waals surface area contributed by atoms with Crippen LogP contribution in [0.5, 0.6) is 0 Å². The highest BCUT2D eigenvalue weighted by atomic mass is 35.5. The van der Waals surface area contributed by atoms with Crippen molar-refractivity contribution in [3.05, 3.63) is 34.9 Å². The second kappa shape index (κ2) is 6.01. The van der Waals surface area contributed by atoms with E-state index in [1.807, 2.05) is 31.3 Å². The largest absolute Gasteiger partial charge is 0.335 e. The van der Waals surface area contributed by atoms with Crippen LogP contribution in [0.3, 0.4) is 0 Å². The maximum Gasteiger partial charge on any atom is 0.317 e. The minimum absolute atomic E-state index is 0.0578. The Morgan fingerprint density at radius 1 is 1.17 bits per heavy atom. The molecule has 3 nitrogen and oxygen atoms in total. The molecular formula is C19H25ClN2O. The Labute approximate surface area is 143 Å². The summed E-state index contributed by atoms with van der Waals surface area (Å²) in [6, 6.07) is 8.19. The number of hydrogen-bond donors (Lipinski definition) is 1. The first-order valence-electron chi connectivity index (χ1n) is 8.84. The number of urea groups is 1. The fraction of sp³-hybridized carbons (Fsp3) is 0.632. The van der Waals surface area contributed by atoms with E-state index in [0.29, 0.717) is 12.6 Å². The molecule has 4 heteroatoms. The number of carbonyl (C=O) groups excluding carboxylic acids is 1. The zero-order valence-corrected chi connectivity index (χ0v) is 14.4. The van der Waals surface area contributed by atoms with Crippen molar-refractivity contribution < 1.29 is 4.79 Å². The lowest BCUT2D eigenvalue weighted by atomic mass is 9.54. The summed E-state index contributed by atoms with van der Waals surface area (Å²) in [6.45, 7) is 0.597. The van der Waals surface area contributed by atoms with Crippen molar-refractivity contribution in [2.45, 2.75) is 44.7 Å². The molecule has 4 saturated carbocycles. The highest BCUT2D eigenvalue weighted by Gasteiger charge is 2.48. The monoisotopic (exact) mass is 332 g/mol. The molecule has 4 fully saturated rings. The summed E-state index contributed by atoms with van der Waals surface area (Å²) in [5.74, 6) is 3.31. The molecule has 0 unspecified atom stereocenters. The Bertz CT molecular complexity index is 575. The first-order chi connectivity index (χ1) is 11.1. The molecule has 4 bridgehead atoms. The topological polar surface area (TPSA) is 32.3 Å². The van der Waals surface area contributed by atoms with E-state index in [9.17, 15) is 4.79 Å². The van der Waals surface area contributed by atoms with Gasteiger partial charge in [0.25, 0.3) is 0 Å². The van der Waals surface area contributed by atoms with Gasteiger partial charge >= 0.3 is 6.03 Å². The number of nitrogens with one attached hydrogen (secondary N) is 1. The average Bonchev–Trinajstić information content (AvgIpc) is 2.50. The van der Waals surface area contributed by atoms with Gasteiger partial charge in [0, 0.05) is 24.7 Å². The van der Waals surface area contributed by atoms with Gasteiger partial charge in [-0.3, -0.25) is 0 Å². The number of hydrogen-bond acceptors (Lipinski definition) is 1. The number of benzene rings is 1. The number of amides is 2. The minimum Gasteiger partial charge on any atom is -0.335 e. The zero-order chi connectivity index (χ0) is 16.0. The maximum absolute atomic E-state index is 12.6. The first-order valence-corrected chi connectivity index (χ1v) is 9.22. The third-order valence-corrected chi connectivity index (χ3v) is 6.41. The lowest BCUT2D eigenvalue weighted by molar-refractivity contribution is -0.0108. The summed E-state index contributed by atoms with van der Waals surface area (Å²) < 4.78 is 0. The lowest BCUT2D eigenvalue weighted by Crippen LogP contribution is -2.57. The van der Waals surface area contributed by atoms with Crippen molar-refractivity contribution in [2.75, 3.05) is 7.05 Å². The zero-order valence-electron chi connectivity index (χ0n) is 13.7. The third-order valence-electron chi connectivity index (χ3n) is 6.17. The van der Waals surface area contributed by atoms with Crippen molar-refractivity contribution in [3.63, 3.8) is 0 Å². The number of carbonyl (C=O) groups is 1. The van der Waals surface area contributed by atoms with Crippen LogP contribution in [0, 0.1) is 23.7 Å². The standard InChI is InChI=1S/C19H25ClN2O/c1-22(11-12-3-2-4-17(20)10-12)19(23)21-18-15-6-13-5-14(8-15)9-16(18)7-13/h2-4,10,13-16,18H,5-9,11H2,1H3,(H,21,23). The van der Waals surface area contributed by atoms with E-state index < -0.39 is 0 Å².